The van der Waals surface area contributed by atoms with Crippen LogP contribution in [0.4, 0.5) is 30.7 Å². The number of amides is 2. The van der Waals surface area contributed by atoms with Gasteiger partial charge in [0.25, 0.3) is 5.91 Å². The number of alkyl halides is 4. The van der Waals surface area contributed by atoms with Gasteiger partial charge in [0.1, 0.15) is 36.2 Å². The molecule has 246 valence electrons. The van der Waals surface area contributed by atoms with Gasteiger partial charge in [0.15, 0.2) is 0 Å². The molecular formula is C32H32F7N5O2. The Morgan fingerprint density at radius 3 is 2.33 bits per heavy atom. The van der Waals surface area contributed by atoms with E-state index >= 15 is 0 Å². The van der Waals surface area contributed by atoms with E-state index in [0.29, 0.717) is 17.2 Å². The van der Waals surface area contributed by atoms with Crippen molar-refractivity contribution in [3.05, 3.63) is 100 Å². The molecule has 4 unspecified atom stereocenters. The number of allylic oxidation sites excluding steroid dienone is 1. The third kappa shape index (κ3) is 8.03. The summed E-state index contributed by atoms with van der Waals surface area (Å²) in [7, 11) is 0. The number of nitrogens with one attached hydrogen (secondary N) is 2. The first-order valence-electron chi connectivity index (χ1n) is 14.3. The van der Waals surface area contributed by atoms with Crippen molar-refractivity contribution < 1.29 is 40.3 Å². The lowest BCUT2D eigenvalue weighted by atomic mass is 9.91. The number of benzene rings is 2. The van der Waals surface area contributed by atoms with E-state index in [9.17, 15) is 40.3 Å². The second-order valence-electron chi connectivity index (χ2n) is 11.2. The van der Waals surface area contributed by atoms with E-state index < -0.39 is 66.2 Å². The maximum atomic E-state index is 14.5. The second-order valence-corrected chi connectivity index (χ2v) is 11.2. The van der Waals surface area contributed by atoms with Crippen molar-refractivity contribution in [2.75, 3.05) is 6.54 Å². The van der Waals surface area contributed by atoms with Crippen molar-refractivity contribution in [1.29, 1.82) is 0 Å². The van der Waals surface area contributed by atoms with Crippen LogP contribution in [0.5, 0.6) is 0 Å². The first-order chi connectivity index (χ1) is 21.5. The summed E-state index contributed by atoms with van der Waals surface area (Å²) in [5.41, 5.74) is 8.45. The lowest BCUT2D eigenvalue weighted by molar-refractivity contribution is -0.151. The molecule has 0 spiro atoms. The Kier molecular flexibility index (Phi) is 10.4. The highest BCUT2D eigenvalue weighted by Gasteiger charge is 2.43. The molecule has 0 fully saturated rings. The highest BCUT2D eigenvalue weighted by Crippen LogP contribution is 2.34. The molecule has 0 saturated carbocycles. The molecule has 1 aromatic heterocycles. The van der Waals surface area contributed by atoms with Crippen LogP contribution in [-0.2, 0) is 11.2 Å². The molecule has 0 radical (unpaired) electrons. The molecule has 1 aliphatic heterocycles. The third-order valence-electron chi connectivity index (χ3n) is 7.79. The molecule has 2 heterocycles. The summed E-state index contributed by atoms with van der Waals surface area (Å²) in [5, 5.41) is 3.69. The fourth-order valence-corrected chi connectivity index (χ4v) is 5.32. The highest BCUT2D eigenvalue weighted by atomic mass is 19.4. The van der Waals surface area contributed by atoms with Crippen LogP contribution in [0.3, 0.4) is 0 Å². The molecule has 0 aliphatic carbocycles. The minimum Gasteiger partial charge on any atom is -0.365 e. The summed E-state index contributed by atoms with van der Waals surface area (Å²) >= 11 is 0. The van der Waals surface area contributed by atoms with Gasteiger partial charge in [-0.1, -0.05) is 19.1 Å². The van der Waals surface area contributed by atoms with Gasteiger partial charge in [-0.25, -0.2) is 23.0 Å². The van der Waals surface area contributed by atoms with Crippen LogP contribution >= 0.6 is 0 Å². The van der Waals surface area contributed by atoms with E-state index in [2.05, 4.69) is 15.7 Å². The monoisotopic (exact) mass is 651 g/mol. The second kappa shape index (κ2) is 13.9. The topological polar surface area (TPSA) is 100 Å². The maximum Gasteiger partial charge on any atom is 0.409 e. The first-order valence-corrected chi connectivity index (χ1v) is 14.3. The molecule has 46 heavy (non-hydrogen) atoms. The van der Waals surface area contributed by atoms with Gasteiger partial charge in [-0.2, -0.15) is 13.2 Å². The van der Waals surface area contributed by atoms with E-state index in [0.717, 1.165) is 29.3 Å². The van der Waals surface area contributed by atoms with Crippen molar-refractivity contribution in [2.45, 2.75) is 58.0 Å². The Labute approximate surface area is 260 Å². The summed E-state index contributed by atoms with van der Waals surface area (Å²) in [5.74, 6) is -5.08. The summed E-state index contributed by atoms with van der Waals surface area (Å²) in [6.07, 6.45) is -4.05. The molecule has 4 atom stereocenters. The number of nitrogens with two attached hydrogens (primary N) is 1. The minimum atomic E-state index is -4.69. The quantitative estimate of drug-likeness (QED) is 0.221. The number of primary amides is 1. The number of aromatic nitrogens is 1. The predicted molar refractivity (Wildman–Crippen MR) is 156 cm³/mol. The van der Waals surface area contributed by atoms with E-state index in [1.807, 2.05) is 0 Å². The van der Waals surface area contributed by atoms with E-state index in [4.69, 9.17) is 5.73 Å². The smallest absolute Gasteiger partial charge is 0.365 e. The number of pyridine rings is 1. The third-order valence-corrected chi connectivity index (χ3v) is 7.79. The van der Waals surface area contributed by atoms with Crippen LogP contribution in [-0.4, -0.2) is 46.7 Å². The highest BCUT2D eigenvalue weighted by molar-refractivity contribution is 5.96. The van der Waals surface area contributed by atoms with Crippen LogP contribution < -0.4 is 16.5 Å². The molecule has 14 heteroatoms. The Balaban J connectivity index is 1.71. The van der Waals surface area contributed by atoms with Crippen molar-refractivity contribution >= 4 is 11.8 Å². The first kappa shape index (κ1) is 34.4. The lowest BCUT2D eigenvalue weighted by Gasteiger charge is -2.28. The van der Waals surface area contributed by atoms with Crippen LogP contribution in [0.1, 0.15) is 53.5 Å². The normalized spacial score (nSPS) is 17.0. The Bertz CT molecular complexity index is 1620. The molecule has 1 aliphatic rings. The molecule has 3 aromatic rings. The number of hydrogen-bond donors (Lipinski definition) is 3. The summed E-state index contributed by atoms with van der Waals surface area (Å²) in [4.78, 5) is 29.9. The van der Waals surface area contributed by atoms with Crippen molar-refractivity contribution in [3.8, 4) is 11.1 Å². The van der Waals surface area contributed by atoms with Gasteiger partial charge in [0, 0.05) is 23.5 Å². The number of carbonyl (C=O) groups excluding carboxylic acids is 2. The SMILES string of the molecule is Cc1c(-c2cccnc2C(Cc2cc(F)cc(F)c2)NC(=O)CN2NC(C(F)(F)F)C=C2CC(C)C(C)F)ccc(F)c1C(N)=O. The zero-order chi connectivity index (χ0) is 33.9. The minimum absolute atomic E-state index is 0.0673. The average molecular weight is 652 g/mol. The summed E-state index contributed by atoms with van der Waals surface area (Å²) < 4.78 is 97.5. The zero-order valence-electron chi connectivity index (χ0n) is 25.1. The number of halogens is 7. The molecule has 0 saturated heterocycles. The van der Waals surface area contributed by atoms with Crippen LogP contribution in [0.15, 0.2) is 60.4 Å². The molecular weight excluding hydrogens is 619 g/mol. The molecule has 7 nitrogen and oxygen atoms in total. The lowest BCUT2D eigenvalue weighted by Crippen LogP contribution is -2.48. The van der Waals surface area contributed by atoms with E-state index in [1.165, 1.54) is 33.0 Å². The fourth-order valence-electron chi connectivity index (χ4n) is 5.32. The predicted octanol–water partition coefficient (Wildman–Crippen LogP) is 5.99. The van der Waals surface area contributed by atoms with Gasteiger partial charge in [-0.05, 0) is 79.6 Å². The number of carbonyl (C=O) groups is 2. The Morgan fingerprint density at radius 2 is 1.72 bits per heavy atom. The van der Waals surface area contributed by atoms with Crippen LogP contribution in [0.25, 0.3) is 11.1 Å². The molecule has 2 aromatic carbocycles. The number of rotatable bonds is 11. The van der Waals surface area contributed by atoms with Crippen LogP contribution in [0.2, 0.25) is 0 Å². The molecule has 4 rings (SSSR count). The molecule has 0 bridgehead atoms. The van der Waals surface area contributed by atoms with Gasteiger partial charge in [-0.15, -0.1) is 0 Å². The van der Waals surface area contributed by atoms with E-state index in [-0.39, 0.29) is 40.9 Å². The number of hydrogen-bond acceptors (Lipinski definition) is 5. The largest absolute Gasteiger partial charge is 0.409 e. The van der Waals surface area contributed by atoms with E-state index in [1.54, 1.807) is 12.1 Å². The van der Waals surface area contributed by atoms with Gasteiger partial charge < -0.3 is 16.1 Å². The van der Waals surface area contributed by atoms with Gasteiger partial charge in [-0.3, -0.25) is 14.6 Å². The van der Waals surface area contributed by atoms with Gasteiger partial charge >= 0.3 is 6.18 Å². The zero-order valence-corrected chi connectivity index (χ0v) is 25.1. The van der Waals surface area contributed by atoms with Crippen molar-refractivity contribution in [3.63, 3.8) is 0 Å². The Hall–Kier alpha value is -4.46. The van der Waals surface area contributed by atoms with Crippen LogP contribution in [0, 0.1) is 30.3 Å². The standard InChI is InChI=1S/C32H32F7N5O2/c1-16(18(3)33)9-22-14-27(32(37,38)39)43-44(22)15-28(45)42-26(12-19-10-20(34)13-21(35)11-19)30-24(5-4-8-41-30)23-6-7-25(36)29(17(23)2)31(40)46/h4-8,10-11,13-14,16,18,26-27,43H,9,12,15H2,1-3H3,(H2,40,46)(H,42,45). The fraction of sp³-hybridized carbons (Fsp3) is 0.344. The summed E-state index contributed by atoms with van der Waals surface area (Å²) in [6.45, 7) is 3.64. The number of nitrogens with zero attached hydrogens (tertiary/aromatic N) is 2. The Morgan fingerprint density at radius 1 is 1.04 bits per heavy atom. The van der Waals surface area contributed by atoms with Gasteiger partial charge in [0.2, 0.25) is 5.91 Å². The van der Waals surface area contributed by atoms with Crippen molar-refractivity contribution in [2.24, 2.45) is 11.7 Å². The van der Waals surface area contributed by atoms with Gasteiger partial charge in [0.05, 0.1) is 17.3 Å². The maximum absolute atomic E-state index is 14.5. The van der Waals surface area contributed by atoms with Crippen molar-refractivity contribution in [1.82, 2.24) is 20.7 Å². The average Bonchev–Trinajstić information content (AvgIpc) is 3.34. The number of hydrazine groups is 1. The summed E-state index contributed by atoms with van der Waals surface area (Å²) in [6, 6.07) is 5.09. The molecule has 2 amide bonds. The molecule has 4 N–H and O–H groups in total.